The molecule has 7 nitrogen and oxygen atoms in total. The van der Waals surface area contributed by atoms with Crippen LogP contribution in [0.4, 0.5) is 4.79 Å². The van der Waals surface area contributed by atoms with Crippen molar-refractivity contribution in [3.63, 3.8) is 0 Å². The Morgan fingerprint density at radius 1 is 1.26 bits per heavy atom. The standard InChI is InChI=1S/C11H18N2O5S/c14-10(15)4-2-1-3-6-12-11(16)13-9-5-7-19(17,18)8-9/h5,7,9H,1-4,6,8H2,(H,14,15)(H2,12,13,16). The lowest BCUT2D eigenvalue weighted by molar-refractivity contribution is -0.137. The molecule has 1 heterocycles. The summed E-state index contributed by atoms with van der Waals surface area (Å²) in [5.41, 5.74) is 0. The van der Waals surface area contributed by atoms with E-state index in [1.165, 1.54) is 6.08 Å². The van der Waals surface area contributed by atoms with Gasteiger partial charge < -0.3 is 15.7 Å². The zero-order valence-electron chi connectivity index (χ0n) is 10.5. The molecule has 0 fully saturated rings. The quantitative estimate of drug-likeness (QED) is 0.581. The molecule has 1 rings (SSSR count). The van der Waals surface area contributed by atoms with Gasteiger partial charge in [-0.3, -0.25) is 4.79 Å². The molecule has 0 bridgehead atoms. The minimum atomic E-state index is -3.16. The van der Waals surface area contributed by atoms with Crippen molar-refractivity contribution in [3.8, 4) is 0 Å². The Labute approximate surface area is 112 Å². The van der Waals surface area contributed by atoms with E-state index in [0.717, 1.165) is 11.8 Å². The van der Waals surface area contributed by atoms with Crippen molar-refractivity contribution in [1.82, 2.24) is 10.6 Å². The summed E-state index contributed by atoms with van der Waals surface area (Å²) in [7, 11) is -3.16. The van der Waals surface area contributed by atoms with Crippen molar-refractivity contribution >= 4 is 21.8 Å². The van der Waals surface area contributed by atoms with Crippen molar-refractivity contribution in [2.24, 2.45) is 0 Å². The summed E-state index contributed by atoms with van der Waals surface area (Å²) in [6.45, 7) is 0.439. The molecule has 0 spiro atoms. The van der Waals surface area contributed by atoms with Gasteiger partial charge in [-0.15, -0.1) is 0 Å². The van der Waals surface area contributed by atoms with Crippen molar-refractivity contribution in [2.75, 3.05) is 12.3 Å². The Morgan fingerprint density at radius 3 is 2.58 bits per heavy atom. The maximum atomic E-state index is 11.4. The summed E-state index contributed by atoms with van der Waals surface area (Å²) in [4.78, 5) is 21.7. The number of hydrogen-bond donors (Lipinski definition) is 3. The molecule has 0 aromatic heterocycles. The molecule has 1 aliphatic heterocycles. The maximum Gasteiger partial charge on any atom is 0.315 e. The molecule has 0 saturated carbocycles. The highest BCUT2D eigenvalue weighted by Crippen LogP contribution is 2.07. The first-order chi connectivity index (χ1) is 8.89. The molecule has 3 N–H and O–H groups in total. The number of carboxylic acids is 1. The average Bonchev–Trinajstić information content (AvgIpc) is 2.62. The molecule has 0 aromatic rings. The van der Waals surface area contributed by atoms with Crippen LogP contribution < -0.4 is 10.6 Å². The lowest BCUT2D eigenvalue weighted by Crippen LogP contribution is -2.42. The van der Waals surface area contributed by atoms with Gasteiger partial charge in [0.05, 0.1) is 11.8 Å². The van der Waals surface area contributed by atoms with Crippen molar-refractivity contribution in [3.05, 3.63) is 11.5 Å². The van der Waals surface area contributed by atoms with E-state index in [9.17, 15) is 18.0 Å². The molecule has 0 aromatic carbocycles. The Bertz CT molecular complexity index is 458. The number of aliphatic carboxylic acids is 1. The van der Waals surface area contributed by atoms with Crippen LogP contribution in [0.3, 0.4) is 0 Å². The summed E-state index contributed by atoms with van der Waals surface area (Å²) < 4.78 is 22.2. The number of urea groups is 1. The molecular formula is C11H18N2O5S. The van der Waals surface area contributed by atoms with Gasteiger partial charge in [-0.05, 0) is 18.9 Å². The summed E-state index contributed by atoms with van der Waals surface area (Å²) in [6.07, 6.45) is 3.59. The van der Waals surface area contributed by atoms with Crippen LogP contribution >= 0.6 is 0 Å². The normalized spacial score (nSPS) is 20.1. The fourth-order valence-corrected chi connectivity index (χ4v) is 2.90. The molecule has 19 heavy (non-hydrogen) atoms. The SMILES string of the molecule is O=C(O)CCCCCNC(=O)NC1C=CS(=O)(=O)C1. The van der Waals surface area contributed by atoms with E-state index >= 15 is 0 Å². The predicted octanol–water partition coefficient (Wildman–Crippen LogP) is 0.241. The summed E-state index contributed by atoms with van der Waals surface area (Å²) in [5, 5.41) is 14.7. The van der Waals surface area contributed by atoms with Crippen molar-refractivity contribution < 1.29 is 23.1 Å². The third-order valence-electron chi connectivity index (χ3n) is 2.60. The van der Waals surface area contributed by atoms with E-state index in [1.807, 2.05) is 0 Å². The first-order valence-corrected chi connectivity index (χ1v) is 7.78. The number of carboxylic acid groups (broad SMARTS) is 1. The van der Waals surface area contributed by atoms with E-state index in [4.69, 9.17) is 5.11 Å². The summed E-state index contributed by atoms with van der Waals surface area (Å²) in [6, 6.07) is -0.887. The third kappa shape index (κ3) is 6.80. The Morgan fingerprint density at radius 2 is 2.00 bits per heavy atom. The number of unbranched alkanes of at least 4 members (excludes halogenated alkanes) is 2. The molecule has 2 amide bonds. The predicted molar refractivity (Wildman–Crippen MR) is 69.4 cm³/mol. The van der Waals surface area contributed by atoms with Gasteiger partial charge in [0.1, 0.15) is 0 Å². The van der Waals surface area contributed by atoms with Gasteiger partial charge in [0.15, 0.2) is 9.84 Å². The number of sulfone groups is 1. The van der Waals surface area contributed by atoms with Gasteiger partial charge in [-0.1, -0.05) is 6.42 Å². The minimum Gasteiger partial charge on any atom is -0.481 e. The van der Waals surface area contributed by atoms with Gasteiger partial charge in [0.25, 0.3) is 0 Å². The van der Waals surface area contributed by atoms with Crippen LogP contribution in [0.5, 0.6) is 0 Å². The largest absolute Gasteiger partial charge is 0.481 e. The number of carbonyl (C=O) groups excluding carboxylic acids is 1. The topological polar surface area (TPSA) is 113 Å². The fraction of sp³-hybridized carbons (Fsp3) is 0.636. The van der Waals surface area contributed by atoms with E-state index in [1.54, 1.807) is 0 Å². The van der Waals surface area contributed by atoms with Crippen LogP contribution in [0.15, 0.2) is 11.5 Å². The van der Waals surface area contributed by atoms with E-state index in [-0.39, 0.29) is 12.2 Å². The Balaban J connectivity index is 2.06. The molecule has 1 aliphatic rings. The molecule has 8 heteroatoms. The fourth-order valence-electron chi connectivity index (χ4n) is 1.67. The lowest BCUT2D eigenvalue weighted by Gasteiger charge is -2.11. The van der Waals surface area contributed by atoms with Gasteiger partial charge in [0.2, 0.25) is 0 Å². The third-order valence-corrected chi connectivity index (χ3v) is 4.00. The number of nitrogens with one attached hydrogen (secondary N) is 2. The zero-order valence-corrected chi connectivity index (χ0v) is 11.3. The second kappa shape index (κ2) is 7.13. The van der Waals surface area contributed by atoms with Crippen LogP contribution in [-0.4, -0.2) is 43.9 Å². The van der Waals surface area contributed by atoms with Crippen LogP contribution in [-0.2, 0) is 14.6 Å². The average molecular weight is 290 g/mol. The van der Waals surface area contributed by atoms with Crippen LogP contribution in [0, 0.1) is 0 Å². The first-order valence-electron chi connectivity index (χ1n) is 6.06. The molecule has 108 valence electrons. The molecule has 1 unspecified atom stereocenters. The monoisotopic (exact) mass is 290 g/mol. The molecule has 1 atom stereocenters. The molecule has 0 radical (unpaired) electrons. The lowest BCUT2D eigenvalue weighted by atomic mass is 10.2. The number of hydrogen-bond acceptors (Lipinski definition) is 4. The molecular weight excluding hydrogens is 272 g/mol. The Kier molecular flexibility index (Phi) is 5.81. The van der Waals surface area contributed by atoms with Crippen LogP contribution in [0.2, 0.25) is 0 Å². The maximum absolute atomic E-state index is 11.4. The molecule has 0 saturated heterocycles. The summed E-state index contributed by atoms with van der Waals surface area (Å²) in [5.74, 6) is -0.918. The minimum absolute atomic E-state index is 0.0982. The van der Waals surface area contributed by atoms with Crippen molar-refractivity contribution in [1.29, 1.82) is 0 Å². The highest BCUT2D eigenvalue weighted by Gasteiger charge is 2.22. The van der Waals surface area contributed by atoms with Gasteiger partial charge >= 0.3 is 12.0 Å². The smallest absolute Gasteiger partial charge is 0.315 e. The highest BCUT2D eigenvalue weighted by molar-refractivity contribution is 7.94. The second-order valence-corrected chi connectivity index (χ2v) is 6.30. The number of rotatable bonds is 7. The molecule has 0 aliphatic carbocycles. The van der Waals surface area contributed by atoms with Crippen molar-refractivity contribution in [2.45, 2.75) is 31.7 Å². The van der Waals surface area contributed by atoms with Gasteiger partial charge in [-0.2, -0.15) is 0 Å². The summed E-state index contributed by atoms with van der Waals surface area (Å²) >= 11 is 0. The van der Waals surface area contributed by atoms with Crippen LogP contribution in [0.25, 0.3) is 0 Å². The number of amides is 2. The highest BCUT2D eigenvalue weighted by atomic mass is 32.2. The second-order valence-electron chi connectivity index (χ2n) is 4.37. The first kappa shape index (κ1) is 15.5. The zero-order chi connectivity index (χ0) is 14.3. The van der Waals surface area contributed by atoms with Gasteiger partial charge in [0, 0.05) is 18.4 Å². The van der Waals surface area contributed by atoms with E-state index < -0.39 is 27.9 Å². The Hall–Kier alpha value is -1.57. The number of carbonyl (C=O) groups is 2. The van der Waals surface area contributed by atoms with E-state index in [2.05, 4.69) is 10.6 Å². The van der Waals surface area contributed by atoms with Crippen LogP contribution in [0.1, 0.15) is 25.7 Å². The van der Waals surface area contributed by atoms with E-state index in [0.29, 0.717) is 19.4 Å². The van der Waals surface area contributed by atoms with Gasteiger partial charge in [-0.25, -0.2) is 13.2 Å².